The van der Waals surface area contributed by atoms with Crippen LogP contribution in [0.2, 0.25) is 0 Å². The molecular formula is C10H18Ni2O3. The van der Waals surface area contributed by atoms with Crippen molar-refractivity contribution in [3.05, 3.63) is 0 Å². The minimum atomic E-state index is -0.515. The molecule has 0 saturated carbocycles. The molecule has 0 unspecified atom stereocenters. The van der Waals surface area contributed by atoms with Gasteiger partial charge in [-0.15, -0.1) is 0 Å². The number of carbonyl (C=O) groups excluding carboxylic acids is 2. The summed E-state index contributed by atoms with van der Waals surface area (Å²) in [7, 11) is 0. The van der Waals surface area contributed by atoms with Crippen molar-refractivity contribution >= 4 is 11.9 Å². The van der Waals surface area contributed by atoms with Crippen molar-refractivity contribution in [1.29, 1.82) is 0 Å². The zero-order valence-electron chi connectivity index (χ0n) is 9.10. The summed E-state index contributed by atoms with van der Waals surface area (Å²) in [6.45, 7) is 3.39. The van der Waals surface area contributed by atoms with Gasteiger partial charge in [0.2, 0.25) is 0 Å². The van der Waals surface area contributed by atoms with Crippen LogP contribution in [-0.4, -0.2) is 11.9 Å². The smallest absolute Gasteiger partial charge is 0.313 e. The van der Waals surface area contributed by atoms with Gasteiger partial charge in [0.25, 0.3) is 0 Å². The number of ether oxygens (including phenoxy) is 1. The van der Waals surface area contributed by atoms with Crippen LogP contribution in [0.1, 0.15) is 52.4 Å². The fraction of sp³-hybridized carbons (Fsp3) is 0.800. The van der Waals surface area contributed by atoms with Crippen molar-refractivity contribution in [2.75, 3.05) is 0 Å². The van der Waals surface area contributed by atoms with Gasteiger partial charge in [-0.2, -0.15) is 0 Å². The fourth-order valence-corrected chi connectivity index (χ4v) is 1.08. The number of esters is 2. The van der Waals surface area contributed by atoms with E-state index < -0.39 is 11.9 Å². The molecule has 96 valence electrons. The third kappa shape index (κ3) is 16.8. The monoisotopic (exact) mass is 302 g/mol. The molecule has 0 rings (SSSR count). The molecule has 0 atom stereocenters. The first-order chi connectivity index (χ1) is 6.16. The van der Waals surface area contributed by atoms with Gasteiger partial charge in [-0.25, -0.2) is 0 Å². The maximum Gasteiger partial charge on any atom is 0.313 e. The molecule has 0 saturated heterocycles. The molecule has 15 heavy (non-hydrogen) atoms. The van der Waals surface area contributed by atoms with E-state index in [0.29, 0.717) is 6.42 Å². The van der Waals surface area contributed by atoms with Crippen molar-refractivity contribution in [2.24, 2.45) is 0 Å². The molecule has 0 aromatic rings. The van der Waals surface area contributed by atoms with Crippen LogP contribution in [0, 0.1) is 0 Å². The minimum Gasteiger partial charge on any atom is -0.393 e. The van der Waals surface area contributed by atoms with Crippen molar-refractivity contribution in [3.63, 3.8) is 0 Å². The van der Waals surface area contributed by atoms with Crippen molar-refractivity contribution < 1.29 is 47.3 Å². The summed E-state index contributed by atoms with van der Waals surface area (Å²) in [5.74, 6) is -0.914. The Bertz CT molecular complexity index is 172. The van der Waals surface area contributed by atoms with Crippen LogP contribution in [0.15, 0.2) is 0 Å². The zero-order chi connectivity index (χ0) is 10.1. The molecule has 3 nitrogen and oxygen atoms in total. The first-order valence-corrected chi connectivity index (χ1v) is 4.88. The van der Waals surface area contributed by atoms with Crippen LogP contribution >= 0.6 is 0 Å². The number of carbonyl (C=O) groups is 2. The molecule has 0 N–H and O–H groups in total. The summed E-state index contributed by atoms with van der Waals surface area (Å²) in [6, 6.07) is 0. The standard InChI is InChI=1S/C10H18O3.2Ni/c1-3-4-5-6-7-8-10(12)13-9(2)11;;/h3-8H2,1-2H3;;. The van der Waals surface area contributed by atoms with Gasteiger partial charge in [0.1, 0.15) is 0 Å². The number of hydrogen-bond donors (Lipinski definition) is 0. The predicted molar refractivity (Wildman–Crippen MR) is 50.1 cm³/mol. The molecule has 0 heterocycles. The molecule has 0 radical (unpaired) electrons. The average Bonchev–Trinajstić information content (AvgIpc) is 2.02. The summed E-state index contributed by atoms with van der Waals surface area (Å²) in [4.78, 5) is 21.2. The molecule has 5 heteroatoms. The van der Waals surface area contributed by atoms with Crippen LogP contribution < -0.4 is 0 Å². The molecule has 0 spiro atoms. The van der Waals surface area contributed by atoms with E-state index in [0.717, 1.165) is 19.3 Å². The molecule has 0 aliphatic carbocycles. The van der Waals surface area contributed by atoms with E-state index in [1.165, 1.54) is 19.8 Å². The van der Waals surface area contributed by atoms with Crippen molar-refractivity contribution in [2.45, 2.75) is 52.4 Å². The Kier molecular flexibility index (Phi) is 19.3. The van der Waals surface area contributed by atoms with E-state index in [-0.39, 0.29) is 33.0 Å². The van der Waals surface area contributed by atoms with Gasteiger partial charge in [0.15, 0.2) is 0 Å². The van der Waals surface area contributed by atoms with Gasteiger partial charge >= 0.3 is 11.9 Å². The topological polar surface area (TPSA) is 43.4 Å². The molecule has 0 aromatic carbocycles. The second-order valence-electron chi connectivity index (χ2n) is 3.13. The number of rotatable bonds is 6. The van der Waals surface area contributed by atoms with Crippen LogP contribution in [-0.2, 0) is 47.3 Å². The summed E-state index contributed by atoms with van der Waals surface area (Å²) >= 11 is 0. The summed E-state index contributed by atoms with van der Waals surface area (Å²) in [5.41, 5.74) is 0. The quantitative estimate of drug-likeness (QED) is 0.328. The normalized spacial score (nSPS) is 8.40. The fourth-order valence-electron chi connectivity index (χ4n) is 1.08. The van der Waals surface area contributed by atoms with Gasteiger partial charge in [-0.1, -0.05) is 32.6 Å². The molecule has 0 fully saturated rings. The van der Waals surface area contributed by atoms with Crippen molar-refractivity contribution in [1.82, 2.24) is 0 Å². The Morgan fingerprint density at radius 2 is 1.53 bits per heavy atom. The zero-order valence-corrected chi connectivity index (χ0v) is 11.1. The van der Waals surface area contributed by atoms with Gasteiger partial charge in [0.05, 0.1) is 0 Å². The summed E-state index contributed by atoms with van der Waals surface area (Å²) in [5, 5.41) is 0. The second kappa shape index (κ2) is 14.1. The van der Waals surface area contributed by atoms with Crippen LogP contribution in [0.25, 0.3) is 0 Å². The first kappa shape index (κ1) is 20.5. The maximum absolute atomic E-state index is 10.8. The van der Waals surface area contributed by atoms with Gasteiger partial charge in [-0.05, 0) is 6.42 Å². The number of hydrogen-bond acceptors (Lipinski definition) is 3. The van der Waals surface area contributed by atoms with E-state index in [1.54, 1.807) is 0 Å². The second-order valence-corrected chi connectivity index (χ2v) is 3.13. The van der Waals surface area contributed by atoms with Gasteiger partial charge < -0.3 is 4.74 Å². The summed E-state index contributed by atoms with van der Waals surface area (Å²) < 4.78 is 4.38. The van der Waals surface area contributed by atoms with E-state index in [1.807, 2.05) is 0 Å². The van der Waals surface area contributed by atoms with Crippen LogP contribution in [0.4, 0.5) is 0 Å². The maximum atomic E-state index is 10.8. The van der Waals surface area contributed by atoms with E-state index in [4.69, 9.17) is 0 Å². The third-order valence-corrected chi connectivity index (χ3v) is 1.74. The average molecular weight is 304 g/mol. The van der Waals surface area contributed by atoms with E-state index in [9.17, 15) is 9.59 Å². The number of unbranched alkanes of at least 4 members (excludes halogenated alkanes) is 4. The molecule has 0 amide bonds. The van der Waals surface area contributed by atoms with Gasteiger partial charge in [0, 0.05) is 46.3 Å². The molecule has 0 aliphatic heterocycles. The Balaban J connectivity index is -0.000000720. The Morgan fingerprint density at radius 1 is 1.00 bits per heavy atom. The molecule has 0 aliphatic rings. The third-order valence-electron chi connectivity index (χ3n) is 1.74. The first-order valence-electron chi connectivity index (χ1n) is 4.88. The largest absolute Gasteiger partial charge is 0.393 e. The van der Waals surface area contributed by atoms with E-state index in [2.05, 4.69) is 11.7 Å². The molecule has 0 aromatic heterocycles. The molecule has 0 bridgehead atoms. The Hall–Kier alpha value is 0.127. The van der Waals surface area contributed by atoms with E-state index >= 15 is 0 Å². The minimum absolute atomic E-state index is 0. The SMILES string of the molecule is CCCCCCCC(=O)OC(C)=O.[Ni].[Ni]. The molecular weight excluding hydrogens is 285 g/mol. The van der Waals surface area contributed by atoms with Crippen molar-refractivity contribution in [3.8, 4) is 0 Å². The Labute approximate surface area is 112 Å². The van der Waals surface area contributed by atoms with Gasteiger partial charge in [-0.3, -0.25) is 9.59 Å². The van der Waals surface area contributed by atoms with Crippen LogP contribution in [0.5, 0.6) is 0 Å². The van der Waals surface area contributed by atoms with Crippen LogP contribution in [0.3, 0.4) is 0 Å². The summed E-state index contributed by atoms with van der Waals surface area (Å²) in [6.07, 6.45) is 5.79. The predicted octanol–water partition coefficient (Wildman–Crippen LogP) is 2.43. The Morgan fingerprint density at radius 3 is 2.00 bits per heavy atom.